The zero-order chi connectivity index (χ0) is 9.97. The molecule has 76 valence electrons. The highest BCUT2D eigenvalue weighted by atomic mass is 79.9. The molecular weight excluding hydrogens is 240 g/mol. The maximum Gasteiger partial charge on any atom is 0.0613 e. The fourth-order valence-corrected chi connectivity index (χ4v) is 2.21. The molecule has 0 atom stereocenters. The molecule has 14 heavy (non-hydrogen) atoms. The van der Waals surface area contributed by atoms with Gasteiger partial charge in [-0.15, -0.1) is 0 Å². The van der Waals surface area contributed by atoms with Gasteiger partial charge < -0.3 is 10.2 Å². The highest BCUT2D eigenvalue weighted by Crippen LogP contribution is 2.31. The molecule has 3 heteroatoms. The summed E-state index contributed by atoms with van der Waals surface area (Å²) >= 11 is 3.52. The van der Waals surface area contributed by atoms with E-state index in [0.717, 1.165) is 24.1 Å². The summed E-state index contributed by atoms with van der Waals surface area (Å²) in [5.74, 6) is 0. The van der Waals surface area contributed by atoms with Gasteiger partial charge in [0, 0.05) is 24.1 Å². The van der Waals surface area contributed by atoms with Gasteiger partial charge in [-0.3, -0.25) is 0 Å². The molecule has 1 aliphatic rings. The molecule has 1 heterocycles. The van der Waals surface area contributed by atoms with Crippen LogP contribution in [0.4, 0.5) is 11.4 Å². The minimum Gasteiger partial charge on any atom is -0.383 e. The lowest BCUT2D eigenvalue weighted by molar-refractivity contribution is 0.786. The van der Waals surface area contributed by atoms with Crippen molar-refractivity contribution in [3.63, 3.8) is 0 Å². The maximum absolute atomic E-state index is 3.52. The summed E-state index contributed by atoms with van der Waals surface area (Å²) in [6, 6.07) is 6.43. The lowest BCUT2D eigenvalue weighted by Gasteiger charge is -2.22. The van der Waals surface area contributed by atoms with Crippen LogP contribution in [0, 0.1) is 0 Å². The van der Waals surface area contributed by atoms with E-state index < -0.39 is 0 Å². The molecule has 1 N–H and O–H groups in total. The molecule has 0 radical (unpaired) electrons. The number of halogens is 1. The van der Waals surface area contributed by atoms with Crippen LogP contribution in [0.2, 0.25) is 0 Å². The lowest BCUT2D eigenvalue weighted by Crippen LogP contribution is -2.23. The summed E-state index contributed by atoms with van der Waals surface area (Å²) in [5, 5.41) is 3.45. The van der Waals surface area contributed by atoms with E-state index in [1.165, 1.54) is 17.8 Å². The molecule has 2 nitrogen and oxygen atoms in total. The second kappa shape index (κ2) is 4.22. The number of fused-ring (bicyclic) bond motifs is 1. The first-order valence-electron chi connectivity index (χ1n) is 5.09. The largest absolute Gasteiger partial charge is 0.383 e. The molecule has 0 saturated carbocycles. The average molecular weight is 255 g/mol. The Hall–Kier alpha value is -0.700. The van der Waals surface area contributed by atoms with Crippen molar-refractivity contribution in [3.05, 3.63) is 22.7 Å². The topological polar surface area (TPSA) is 15.3 Å². The molecule has 0 saturated heterocycles. The van der Waals surface area contributed by atoms with Crippen molar-refractivity contribution in [3.8, 4) is 0 Å². The fourth-order valence-electron chi connectivity index (χ4n) is 1.86. The number of benzene rings is 1. The van der Waals surface area contributed by atoms with Crippen LogP contribution < -0.4 is 10.2 Å². The van der Waals surface area contributed by atoms with Crippen LogP contribution >= 0.6 is 15.9 Å². The van der Waals surface area contributed by atoms with Gasteiger partial charge >= 0.3 is 0 Å². The van der Waals surface area contributed by atoms with Gasteiger partial charge in [-0.25, -0.2) is 0 Å². The average Bonchev–Trinajstić information content (AvgIpc) is 2.39. The van der Waals surface area contributed by atoms with Gasteiger partial charge in [0.25, 0.3) is 0 Å². The van der Waals surface area contributed by atoms with Crippen LogP contribution in [0.5, 0.6) is 0 Å². The van der Waals surface area contributed by atoms with E-state index >= 15 is 0 Å². The van der Waals surface area contributed by atoms with Gasteiger partial charge in [-0.2, -0.15) is 0 Å². The van der Waals surface area contributed by atoms with Crippen molar-refractivity contribution >= 4 is 27.3 Å². The maximum atomic E-state index is 3.52. The molecule has 2 rings (SSSR count). The molecule has 1 aromatic carbocycles. The number of rotatable bonds is 1. The normalized spacial score (nSPS) is 15.7. The van der Waals surface area contributed by atoms with Gasteiger partial charge in [0.05, 0.1) is 11.4 Å². The summed E-state index contributed by atoms with van der Waals surface area (Å²) in [4.78, 5) is 2.42. The van der Waals surface area contributed by atoms with E-state index in [-0.39, 0.29) is 0 Å². The number of hydrogen-bond acceptors (Lipinski definition) is 2. The Kier molecular flexibility index (Phi) is 2.96. The van der Waals surface area contributed by atoms with Gasteiger partial charge in [0.15, 0.2) is 0 Å². The SMILES string of the molecule is CCN1CCCNc2ccc(Br)cc21. The first-order chi connectivity index (χ1) is 6.81. The third-order valence-electron chi connectivity index (χ3n) is 2.60. The Labute approximate surface area is 93.4 Å². The molecule has 0 spiro atoms. The molecule has 0 unspecified atom stereocenters. The predicted molar refractivity (Wildman–Crippen MR) is 65.1 cm³/mol. The summed E-state index contributed by atoms with van der Waals surface area (Å²) < 4.78 is 1.15. The zero-order valence-electron chi connectivity index (χ0n) is 8.39. The Morgan fingerprint density at radius 3 is 3.14 bits per heavy atom. The van der Waals surface area contributed by atoms with Crippen LogP contribution in [0.15, 0.2) is 22.7 Å². The van der Waals surface area contributed by atoms with Crippen molar-refractivity contribution in [2.45, 2.75) is 13.3 Å². The molecule has 1 aliphatic heterocycles. The predicted octanol–water partition coefficient (Wildman–Crippen LogP) is 3.09. The van der Waals surface area contributed by atoms with Gasteiger partial charge in [0.2, 0.25) is 0 Å². The summed E-state index contributed by atoms with van der Waals surface area (Å²) in [6.45, 7) is 5.50. The van der Waals surface area contributed by atoms with E-state index in [0.29, 0.717) is 0 Å². The summed E-state index contributed by atoms with van der Waals surface area (Å²) in [6.07, 6.45) is 1.21. The first-order valence-corrected chi connectivity index (χ1v) is 5.89. The summed E-state index contributed by atoms with van der Waals surface area (Å²) in [5.41, 5.74) is 2.58. The third kappa shape index (κ3) is 1.87. The van der Waals surface area contributed by atoms with Crippen molar-refractivity contribution in [2.75, 3.05) is 29.9 Å². The molecule has 1 aromatic rings. The smallest absolute Gasteiger partial charge is 0.0613 e. The van der Waals surface area contributed by atoms with E-state index in [1.54, 1.807) is 0 Å². The van der Waals surface area contributed by atoms with Crippen molar-refractivity contribution in [2.24, 2.45) is 0 Å². The number of hydrogen-bond donors (Lipinski definition) is 1. The Morgan fingerprint density at radius 1 is 1.50 bits per heavy atom. The highest BCUT2D eigenvalue weighted by molar-refractivity contribution is 9.10. The van der Waals surface area contributed by atoms with Crippen LogP contribution in [0.3, 0.4) is 0 Å². The van der Waals surface area contributed by atoms with Crippen LogP contribution in [0.25, 0.3) is 0 Å². The molecule has 0 aliphatic carbocycles. The summed E-state index contributed by atoms with van der Waals surface area (Å²) in [7, 11) is 0. The second-order valence-electron chi connectivity index (χ2n) is 3.52. The zero-order valence-corrected chi connectivity index (χ0v) is 9.97. The molecular formula is C11H15BrN2. The van der Waals surface area contributed by atoms with E-state index in [9.17, 15) is 0 Å². The monoisotopic (exact) mass is 254 g/mol. The first kappa shape index (κ1) is 9.84. The van der Waals surface area contributed by atoms with Crippen LogP contribution in [0.1, 0.15) is 13.3 Å². The minimum absolute atomic E-state index is 1.07. The van der Waals surface area contributed by atoms with Crippen molar-refractivity contribution in [1.29, 1.82) is 0 Å². The van der Waals surface area contributed by atoms with E-state index in [4.69, 9.17) is 0 Å². The number of anilines is 2. The minimum atomic E-state index is 1.07. The molecule has 0 fully saturated rings. The Morgan fingerprint density at radius 2 is 2.36 bits per heavy atom. The molecule has 0 bridgehead atoms. The van der Waals surface area contributed by atoms with Gasteiger partial charge in [-0.05, 0) is 31.5 Å². The lowest BCUT2D eigenvalue weighted by atomic mass is 10.2. The van der Waals surface area contributed by atoms with E-state index in [2.05, 4.69) is 51.3 Å². The highest BCUT2D eigenvalue weighted by Gasteiger charge is 2.13. The van der Waals surface area contributed by atoms with Crippen molar-refractivity contribution in [1.82, 2.24) is 0 Å². The molecule has 0 amide bonds. The number of nitrogens with zero attached hydrogens (tertiary/aromatic N) is 1. The molecule has 0 aromatic heterocycles. The van der Waals surface area contributed by atoms with Gasteiger partial charge in [-0.1, -0.05) is 15.9 Å². The fraction of sp³-hybridized carbons (Fsp3) is 0.455. The van der Waals surface area contributed by atoms with E-state index in [1.807, 2.05) is 0 Å². The van der Waals surface area contributed by atoms with Crippen LogP contribution in [-0.2, 0) is 0 Å². The van der Waals surface area contributed by atoms with Crippen molar-refractivity contribution < 1.29 is 0 Å². The Balaban J connectivity index is 2.40. The quantitative estimate of drug-likeness (QED) is 0.829. The standard InChI is InChI=1S/C11H15BrN2/c1-2-14-7-3-6-13-10-5-4-9(12)8-11(10)14/h4-5,8,13H,2-3,6-7H2,1H3. The second-order valence-corrected chi connectivity index (χ2v) is 4.44. The third-order valence-corrected chi connectivity index (χ3v) is 3.10. The van der Waals surface area contributed by atoms with Crippen LogP contribution in [-0.4, -0.2) is 19.6 Å². The number of nitrogens with one attached hydrogen (secondary N) is 1. The van der Waals surface area contributed by atoms with Gasteiger partial charge in [0.1, 0.15) is 0 Å². The Bertz CT molecular complexity index is 325.